The Bertz CT molecular complexity index is 369. The van der Waals surface area contributed by atoms with E-state index in [1.165, 1.54) is 6.92 Å². The number of nitrogens with zero attached hydrogens (tertiary/aromatic N) is 1. The molecule has 4 nitrogen and oxygen atoms in total. The molecule has 15 heavy (non-hydrogen) atoms. The average Bonchev–Trinajstić information content (AvgIpc) is 2.98. The number of carbonyl (C=O) groups is 1. The van der Waals surface area contributed by atoms with Crippen LogP contribution in [0.4, 0.5) is 0 Å². The molecule has 0 unspecified atom stereocenters. The Kier molecular flexibility index (Phi) is 2.44. The molecule has 0 bridgehead atoms. The third kappa shape index (κ3) is 1.99. The van der Waals surface area contributed by atoms with E-state index in [1.54, 1.807) is 6.20 Å². The summed E-state index contributed by atoms with van der Waals surface area (Å²) in [6.07, 6.45) is 3.54. The molecule has 1 aromatic rings. The first kappa shape index (κ1) is 10.1. The minimum Gasteiger partial charge on any atom is -0.392 e. The van der Waals surface area contributed by atoms with E-state index in [9.17, 15) is 4.79 Å². The van der Waals surface area contributed by atoms with E-state index in [1.807, 2.05) is 12.1 Å². The van der Waals surface area contributed by atoms with Crippen molar-refractivity contribution in [1.82, 2.24) is 10.3 Å². The number of hydrogen-bond donors (Lipinski definition) is 2. The first-order valence-corrected chi connectivity index (χ1v) is 5.01. The molecule has 1 amide bonds. The maximum atomic E-state index is 11.0. The molecule has 1 fully saturated rings. The predicted molar refractivity (Wildman–Crippen MR) is 54.9 cm³/mol. The lowest BCUT2D eigenvalue weighted by molar-refractivity contribution is -0.120. The average molecular weight is 206 g/mol. The summed E-state index contributed by atoms with van der Waals surface area (Å²) >= 11 is 0. The molecule has 1 aliphatic rings. The lowest BCUT2D eigenvalue weighted by atomic mass is 10.1. The minimum absolute atomic E-state index is 0.000414. The third-order valence-corrected chi connectivity index (χ3v) is 2.66. The van der Waals surface area contributed by atoms with Gasteiger partial charge in [-0.25, -0.2) is 0 Å². The lowest BCUT2D eigenvalue weighted by Gasteiger charge is -2.15. The van der Waals surface area contributed by atoms with Crippen LogP contribution >= 0.6 is 0 Å². The molecule has 0 saturated heterocycles. The van der Waals surface area contributed by atoms with E-state index in [2.05, 4.69) is 10.3 Å². The minimum atomic E-state index is -0.236. The second-order valence-electron chi connectivity index (χ2n) is 3.97. The van der Waals surface area contributed by atoms with Crippen LogP contribution < -0.4 is 5.32 Å². The van der Waals surface area contributed by atoms with Gasteiger partial charge in [-0.2, -0.15) is 0 Å². The zero-order valence-corrected chi connectivity index (χ0v) is 8.66. The second-order valence-corrected chi connectivity index (χ2v) is 3.97. The van der Waals surface area contributed by atoms with Crippen LogP contribution in [0.15, 0.2) is 18.3 Å². The van der Waals surface area contributed by atoms with Gasteiger partial charge < -0.3 is 10.4 Å². The number of aliphatic hydroxyl groups excluding tert-OH is 1. The normalized spacial score (nSPS) is 17.2. The van der Waals surface area contributed by atoms with Crippen molar-refractivity contribution in [2.24, 2.45) is 0 Å². The van der Waals surface area contributed by atoms with Gasteiger partial charge in [0.05, 0.1) is 17.8 Å². The first-order valence-electron chi connectivity index (χ1n) is 5.01. The number of carbonyl (C=O) groups excluding carboxylic acids is 1. The summed E-state index contributed by atoms with van der Waals surface area (Å²) in [5.74, 6) is -0.0273. The maximum Gasteiger partial charge on any atom is 0.217 e. The van der Waals surface area contributed by atoms with Crippen LogP contribution in [0.1, 0.15) is 31.0 Å². The topological polar surface area (TPSA) is 62.2 Å². The highest BCUT2D eigenvalue weighted by Crippen LogP contribution is 2.44. The van der Waals surface area contributed by atoms with Crippen molar-refractivity contribution in [3.8, 4) is 0 Å². The number of aromatic nitrogens is 1. The molecule has 2 N–H and O–H groups in total. The summed E-state index contributed by atoms with van der Waals surface area (Å²) in [6.45, 7) is 1.52. The molecule has 0 atom stereocenters. The Morgan fingerprint density at radius 3 is 2.73 bits per heavy atom. The molecular formula is C11H14N2O2. The van der Waals surface area contributed by atoms with Crippen molar-refractivity contribution in [3.05, 3.63) is 29.6 Å². The van der Waals surface area contributed by atoms with Crippen molar-refractivity contribution in [2.75, 3.05) is 0 Å². The van der Waals surface area contributed by atoms with E-state index in [-0.39, 0.29) is 18.1 Å². The molecular weight excluding hydrogens is 192 g/mol. The Balaban J connectivity index is 2.18. The molecule has 0 spiro atoms. The number of amides is 1. The monoisotopic (exact) mass is 206 g/mol. The zero-order chi connectivity index (χ0) is 10.9. The van der Waals surface area contributed by atoms with Crippen LogP contribution in [0.2, 0.25) is 0 Å². The first-order chi connectivity index (χ1) is 7.16. The van der Waals surface area contributed by atoms with E-state index in [4.69, 9.17) is 5.11 Å². The summed E-state index contributed by atoms with van der Waals surface area (Å²) in [6, 6.07) is 3.71. The summed E-state index contributed by atoms with van der Waals surface area (Å²) < 4.78 is 0. The highest BCUT2D eigenvalue weighted by atomic mass is 16.3. The van der Waals surface area contributed by atoms with E-state index >= 15 is 0 Å². The summed E-state index contributed by atoms with van der Waals surface area (Å²) in [4.78, 5) is 15.3. The number of nitrogens with one attached hydrogen (secondary N) is 1. The lowest BCUT2D eigenvalue weighted by Crippen LogP contribution is -2.33. The third-order valence-electron chi connectivity index (χ3n) is 2.66. The van der Waals surface area contributed by atoms with Gasteiger partial charge in [-0.05, 0) is 24.5 Å². The largest absolute Gasteiger partial charge is 0.392 e. The molecule has 0 aromatic carbocycles. The molecule has 4 heteroatoms. The summed E-state index contributed by atoms with van der Waals surface area (Å²) in [5.41, 5.74) is 1.44. The quantitative estimate of drug-likeness (QED) is 0.765. The smallest absolute Gasteiger partial charge is 0.217 e. The van der Waals surface area contributed by atoms with Crippen LogP contribution in [0, 0.1) is 0 Å². The van der Waals surface area contributed by atoms with Crippen LogP contribution in [-0.2, 0) is 16.9 Å². The second kappa shape index (κ2) is 3.62. The van der Waals surface area contributed by atoms with Gasteiger partial charge in [-0.15, -0.1) is 0 Å². The Hall–Kier alpha value is -1.42. The number of pyridine rings is 1. The molecule has 1 heterocycles. The van der Waals surface area contributed by atoms with Gasteiger partial charge in [0.25, 0.3) is 0 Å². The Labute approximate surface area is 88.3 Å². The SMILES string of the molecule is CC(=O)NC1(c2ccc(CO)cn2)CC1. The highest BCUT2D eigenvalue weighted by Gasteiger charge is 2.46. The van der Waals surface area contributed by atoms with Crippen LogP contribution in [0.25, 0.3) is 0 Å². The summed E-state index contributed by atoms with van der Waals surface area (Å²) in [5, 5.41) is 11.8. The molecule has 1 aliphatic carbocycles. The number of hydrogen-bond acceptors (Lipinski definition) is 3. The van der Waals surface area contributed by atoms with Gasteiger partial charge in [0, 0.05) is 13.1 Å². The molecule has 1 saturated carbocycles. The maximum absolute atomic E-state index is 11.0. The Morgan fingerprint density at radius 1 is 1.60 bits per heavy atom. The van der Waals surface area contributed by atoms with Gasteiger partial charge in [0.15, 0.2) is 0 Å². The van der Waals surface area contributed by atoms with Crippen molar-refractivity contribution in [2.45, 2.75) is 31.9 Å². The van der Waals surface area contributed by atoms with Crippen molar-refractivity contribution in [3.63, 3.8) is 0 Å². The van der Waals surface area contributed by atoms with Gasteiger partial charge in [0.1, 0.15) is 0 Å². The fourth-order valence-corrected chi connectivity index (χ4v) is 1.71. The zero-order valence-electron chi connectivity index (χ0n) is 8.66. The van der Waals surface area contributed by atoms with Crippen molar-refractivity contribution < 1.29 is 9.90 Å². The fourth-order valence-electron chi connectivity index (χ4n) is 1.71. The molecule has 2 rings (SSSR count). The van der Waals surface area contributed by atoms with Gasteiger partial charge in [0.2, 0.25) is 5.91 Å². The van der Waals surface area contributed by atoms with E-state index in [0.29, 0.717) is 0 Å². The fraction of sp³-hybridized carbons (Fsp3) is 0.455. The molecule has 1 aromatic heterocycles. The summed E-state index contributed by atoms with van der Waals surface area (Å²) in [7, 11) is 0. The van der Waals surface area contributed by atoms with Gasteiger partial charge in [-0.3, -0.25) is 9.78 Å². The van der Waals surface area contributed by atoms with Crippen LogP contribution in [0.5, 0.6) is 0 Å². The predicted octanol–water partition coefficient (Wildman–Crippen LogP) is 0.699. The molecule has 80 valence electrons. The standard InChI is InChI=1S/C11H14N2O2/c1-8(15)13-11(4-5-11)10-3-2-9(7-14)6-12-10/h2-3,6,14H,4-5,7H2,1H3,(H,13,15). The molecule has 0 radical (unpaired) electrons. The Morgan fingerprint density at radius 2 is 2.33 bits per heavy atom. The number of rotatable bonds is 3. The number of aliphatic hydroxyl groups is 1. The molecule has 0 aliphatic heterocycles. The van der Waals surface area contributed by atoms with Crippen molar-refractivity contribution in [1.29, 1.82) is 0 Å². The highest BCUT2D eigenvalue weighted by molar-refractivity contribution is 5.74. The van der Waals surface area contributed by atoms with Crippen LogP contribution in [-0.4, -0.2) is 16.0 Å². The van der Waals surface area contributed by atoms with Crippen molar-refractivity contribution >= 4 is 5.91 Å². The van der Waals surface area contributed by atoms with Crippen LogP contribution in [0.3, 0.4) is 0 Å². The van der Waals surface area contributed by atoms with E-state index in [0.717, 1.165) is 24.1 Å². The van der Waals surface area contributed by atoms with Gasteiger partial charge >= 0.3 is 0 Å². The van der Waals surface area contributed by atoms with Gasteiger partial charge in [-0.1, -0.05) is 6.07 Å². The van der Waals surface area contributed by atoms with E-state index < -0.39 is 0 Å².